The number of hydrogen-bond donors (Lipinski definition) is 1. The van der Waals surface area contributed by atoms with Crippen molar-refractivity contribution >= 4 is 46.3 Å². The number of aryl methyl sites for hydroxylation is 1. The lowest BCUT2D eigenvalue weighted by molar-refractivity contribution is -0.128. The summed E-state index contributed by atoms with van der Waals surface area (Å²) in [5.41, 5.74) is 2.76. The Morgan fingerprint density at radius 2 is 1.72 bits per heavy atom. The first-order valence-electron chi connectivity index (χ1n) is 10.1. The Labute approximate surface area is 193 Å². The Hall–Kier alpha value is -2.98. The lowest BCUT2D eigenvalue weighted by atomic mass is 10.2. The van der Waals surface area contributed by atoms with E-state index in [0.717, 1.165) is 11.3 Å². The SMILES string of the molecule is Cc1ccc(NC(=O)c2nnc(SCC(=O)N3CCN(c4ccc(F)cc4)CC3)s2)cc1. The van der Waals surface area contributed by atoms with Gasteiger partial charge in [-0.2, -0.15) is 0 Å². The molecule has 1 saturated heterocycles. The van der Waals surface area contributed by atoms with Crippen molar-refractivity contribution in [3.05, 3.63) is 64.9 Å². The summed E-state index contributed by atoms with van der Waals surface area (Å²) in [4.78, 5) is 28.9. The Kier molecular flexibility index (Phi) is 7.01. The lowest BCUT2D eigenvalue weighted by Crippen LogP contribution is -2.49. The molecule has 0 aliphatic carbocycles. The van der Waals surface area contributed by atoms with Crippen molar-refractivity contribution in [2.75, 3.05) is 42.1 Å². The molecule has 7 nitrogen and oxygen atoms in total. The minimum atomic E-state index is -0.318. The van der Waals surface area contributed by atoms with E-state index in [1.807, 2.05) is 36.1 Å². The molecular formula is C22H22FN5O2S2. The monoisotopic (exact) mass is 471 g/mol. The molecule has 1 aromatic heterocycles. The maximum absolute atomic E-state index is 13.1. The van der Waals surface area contributed by atoms with Crippen molar-refractivity contribution in [2.24, 2.45) is 0 Å². The lowest BCUT2D eigenvalue weighted by Gasteiger charge is -2.36. The quantitative estimate of drug-likeness (QED) is 0.553. The largest absolute Gasteiger partial charge is 0.368 e. The molecule has 1 aliphatic heterocycles. The van der Waals surface area contributed by atoms with E-state index in [0.29, 0.717) is 36.2 Å². The highest BCUT2D eigenvalue weighted by Gasteiger charge is 2.22. The number of nitrogens with zero attached hydrogens (tertiary/aromatic N) is 4. The van der Waals surface area contributed by atoms with Gasteiger partial charge in [0, 0.05) is 37.6 Å². The van der Waals surface area contributed by atoms with Crippen LogP contribution < -0.4 is 10.2 Å². The molecule has 0 saturated carbocycles. The molecule has 0 atom stereocenters. The number of benzene rings is 2. The minimum Gasteiger partial charge on any atom is -0.368 e. The number of halogens is 1. The molecule has 2 amide bonds. The maximum atomic E-state index is 13.1. The molecule has 2 aromatic carbocycles. The van der Waals surface area contributed by atoms with Crippen LogP contribution in [-0.2, 0) is 4.79 Å². The number of thioether (sulfide) groups is 1. The van der Waals surface area contributed by atoms with Gasteiger partial charge in [-0.1, -0.05) is 40.8 Å². The van der Waals surface area contributed by atoms with Crippen molar-refractivity contribution in [1.82, 2.24) is 15.1 Å². The van der Waals surface area contributed by atoms with Crippen molar-refractivity contribution in [2.45, 2.75) is 11.3 Å². The summed E-state index contributed by atoms with van der Waals surface area (Å²) < 4.78 is 13.7. The third-order valence-corrected chi connectivity index (χ3v) is 7.09. The van der Waals surface area contributed by atoms with Crippen molar-refractivity contribution in [1.29, 1.82) is 0 Å². The van der Waals surface area contributed by atoms with Crippen LogP contribution in [-0.4, -0.2) is 58.8 Å². The molecule has 0 bridgehead atoms. The standard InChI is InChI=1S/C22H22FN5O2S2/c1-15-2-6-17(7-3-15)24-20(30)21-25-26-22(32-21)31-14-19(29)28-12-10-27(11-13-28)18-8-4-16(23)5-9-18/h2-9H,10-14H2,1H3,(H,24,30). The van der Waals surface area contributed by atoms with E-state index < -0.39 is 0 Å². The molecule has 1 fully saturated rings. The second-order valence-corrected chi connectivity index (χ2v) is 9.53. The van der Waals surface area contributed by atoms with Crippen LogP contribution in [0.15, 0.2) is 52.9 Å². The molecule has 1 aliphatic rings. The summed E-state index contributed by atoms with van der Waals surface area (Å²) in [6, 6.07) is 13.9. The number of rotatable bonds is 6. The van der Waals surface area contributed by atoms with Crippen molar-refractivity contribution in [3.8, 4) is 0 Å². The van der Waals surface area contributed by atoms with Crippen LogP contribution in [0.3, 0.4) is 0 Å². The molecule has 4 rings (SSSR count). The van der Waals surface area contributed by atoms with Crippen LogP contribution >= 0.6 is 23.1 Å². The van der Waals surface area contributed by atoms with Gasteiger partial charge in [0.25, 0.3) is 5.91 Å². The van der Waals surface area contributed by atoms with Gasteiger partial charge in [0.2, 0.25) is 10.9 Å². The fourth-order valence-electron chi connectivity index (χ4n) is 3.26. The zero-order valence-electron chi connectivity index (χ0n) is 17.5. The summed E-state index contributed by atoms with van der Waals surface area (Å²) in [6.07, 6.45) is 0. The number of nitrogens with one attached hydrogen (secondary N) is 1. The van der Waals surface area contributed by atoms with Gasteiger partial charge < -0.3 is 15.1 Å². The summed E-state index contributed by atoms with van der Waals surface area (Å²) in [5.74, 6) is -0.312. The molecule has 0 unspecified atom stereocenters. The smallest absolute Gasteiger partial charge is 0.286 e. The maximum Gasteiger partial charge on any atom is 0.286 e. The first-order chi connectivity index (χ1) is 15.5. The van der Waals surface area contributed by atoms with E-state index in [9.17, 15) is 14.0 Å². The minimum absolute atomic E-state index is 0.0228. The third kappa shape index (κ3) is 5.63. The molecule has 2 heterocycles. The van der Waals surface area contributed by atoms with Gasteiger partial charge in [-0.05, 0) is 43.3 Å². The Bertz CT molecular complexity index is 1080. The van der Waals surface area contributed by atoms with E-state index in [4.69, 9.17) is 0 Å². The van der Waals surface area contributed by atoms with Gasteiger partial charge in [0.05, 0.1) is 5.75 Å². The first-order valence-corrected chi connectivity index (χ1v) is 11.9. The van der Waals surface area contributed by atoms with Crippen LogP contribution in [0.4, 0.5) is 15.8 Å². The first kappa shape index (κ1) is 22.2. The summed E-state index contributed by atoms with van der Waals surface area (Å²) >= 11 is 2.46. The van der Waals surface area contributed by atoms with Crippen LogP contribution in [0.5, 0.6) is 0 Å². The molecular weight excluding hydrogens is 449 g/mol. The second kappa shape index (κ2) is 10.1. The van der Waals surface area contributed by atoms with E-state index in [1.54, 1.807) is 12.1 Å². The van der Waals surface area contributed by atoms with Gasteiger partial charge in [0.1, 0.15) is 5.82 Å². The van der Waals surface area contributed by atoms with Gasteiger partial charge in [0.15, 0.2) is 4.34 Å². The van der Waals surface area contributed by atoms with Gasteiger partial charge in [-0.15, -0.1) is 10.2 Å². The fraction of sp³-hybridized carbons (Fsp3) is 0.273. The van der Waals surface area contributed by atoms with Crippen molar-refractivity contribution < 1.29 is 14.0 Å². The van der Waals surface area contributed by atoms with Crippen LogP contribution in [0.1, 0.15) is 15.4 Å². The number of hydrogen-bond acceptors (Lipinski definition) is 7. The molecule has 1 N–H and O–H groups in total. The highest BCUT2D eigenvalue weighted by Crippen LogP contribution is 2.24. The van der Waals surface area contributed by atoms with E-state index in [2.05, 4.69) is 20.4 Å². The average Bonchev–Trinajstić information content (AvgIpc) is 3.29. The second-order valence-electron chi connectivity index (χ2n) is 7.33. The molecule has 0 radical (unpaired) electrons. The molecule has 32 heavy (non-hydrogen) atoms. The number of carbonyl (C=O) groups is 2. The average molecular weight is 472 g/mol. The topological polar surface area (TPSA) is 78.4 Å². The number of amides is 2. The fourth-order valence-corrected chi connectivity index (χ4v) is 4.91. The third-order valence-electron chi connectivity index (χ3n) is 5.05. The van der Waals surface area contributed by atoms with Gasteiger partial charge in [-0.25, -0.2) is 4.39 Å². The summed E-state index contributed by atoms with van der Waals surface area (Å²) in [7, 11) is 0. The molecule has 10 heteroatoms. The van der Waals surface area contributed by atoms with E-state index in [-0.39, 0.29) is 28.4 Å². The summed E-state index contributed by atoms with van der Waals surface area (Å²) in [6.45, 7) is 4.59. The predicted molar refractivity (Wildman–Crippen MR) is 125 cm³/mol. The highest BCUT2D eigenvalue weighted by molar-refractivity contribution is 8.01. The van der Waals surface area contributed by atoms with Gasteiger partial charge >= 0.3 is 0 Å². The van der Waals surface area contributed by atoms with Crippen LogP contribution in [0.2, 0.25) is 0 Å². The molecule has 3 aromatic rings. The van der Waals surface area contributed by atoms with Crippen LogP contribution in [0, 0.1) is 12.7 Å². The Balaban J connectivity index is 1.24. The zero-order chi connectivity index (χ0) is 22.5. The van der Waals surface area contributed by atoms with Crippen molar-refractivity contribution in [3.63, 3.8) is 0 Å². The Morgan fingerprint density at radius 3 is 2.41 bits per heavy atom. The Morgan fingerprint density at radius 1 is 1.03 bits per heavy atom. The highest BCUT2D eigenvalue weighted by atomic mass is 32.2. The van der Waals surface area contributed by atoms with E-state index in [1.165, 1.54) is 35.2 Å². The number of carbonyl (C=O) groups excluding carboxylic acids is 2. The normalized spacial score (nSPS) is 13.8. The molecule has 166 valence electrons. The predicted octanol–water partition coefficient (Wildman–Crippen LogP) is 3.68. The number of anilines is 2. The zero-order valence-corrected chi connectivity index (χ0v) is 19.1. The number of aromatic nitrogens is 2. The summed E-state index contributed by atoms with van der Waals surface area (Å²) in [5, 5.41) is 11.0. The van der Waals surface area contributed by atoms with Gasteiger partial charge in [-0.3, -0.25) is 9.59 Å². The van der Waals surface area contributed by atoms with Crippen LogP contribution in [0.25, 0.3) is 0 Å². The molecule has 0 spiro atoms. The number of piperazine rings is 1. The van der Waals surface area contributed by atoms with E-state index >= 15 is 0 Å².